The van der Waals surface area contributed by atoms with Crippen LogP contribution in [0.3, 0.4) is 0 Å². The van der Waals surface area contributed by atoms with Crippen molar-refractivity contribution in [3.63, 3.8) is 0 Å². The molecular weight excluding hydrogens is 180 g/mol. The molecule has 1 aromatic carbocycles. The Morgan fingerprint density at radius 2 is 1.86 bits per heavy atom. The van der Waals surface area contributed by atoms with Gasteiger partial charge in [-0.1, -0.05) is 0 Å². The molecule has 0 N–H and O–H groups in total. The predicted octanol–water partition coefficient (Wildman–Crippen LogP) is 2.15. The number of ether oxygens (including phenoxy) is 3. The van der Waals surface area contributed by atoms with Crippen molar-refractivity contribution in [1.82, 2.24) is 0 Å². The van der Waals surface area contributed by atoms with Gasteiger partial charge in [-0.05, 0) is 18.2 Å². The summed E-state index contributed by atoms with van der Waals surface area (Å²) in [4.78, 5) is 0. The molecule has 3 heteroatoms. The van der Waals surface area contributed by atoms with Crippen molar-refractivity contribution in [1.29, 1.82) is 0 Å². The highest BCUT2D eigenvalue weighted by molar-refractivity contribution is 5.55. The Morgan fingerprint density at radius 1 is 1.14 bits per heavy atom. The van der Waals surface area contributed by atoms with Gasteiger partial charge >= 0.3 is 0 Å². The summed E-state index contributed by atoms with van der Waals surface area (Å²) in [6.07, 6.45) is 4.43. The molecule has 1 aliphatic rings. The van der Waals surface area contributed by atoms with E-state index in [4.69, 9.17) is 14.2 Å². The summed E-state index contributed by atoms with van der Waals surface area (Å²) in [6, 6.07) is 3.73. The van der Waals surface area contributed by atoms with Crippen molar-refractivity contribution in [2.24, 2.45) is 0 Å². The van der Waals surface area contributed by atoms with E-state index in [0.717, 1.165) is 29.2 Å². The Labute approximate surface area is 82.9 Å². The summed E-state index contributed by atoms with van der Waals surface area (Å²) in [5, 5.41) is 0. The molecule has 0 aromatic heterocycles. The van der Waals surface area contributed by atoms with Gasteiger partial charge in [0, 0.05) is 12.0 Å². The van der Waals surface area contributed by atoms with E-state index >= 15 is 0 Å². The Morgan fingerprint density at radius 3 is 2.57 bits per heavy atom. The van der Waals surface area contributed by atoms with E-state index in [1.165, 1.54) is 0 Å². The first-order valence-electron chi connectivity index (χ1n) is 4.42. The molecule has 0 saturated heterocycles. The van der Waals surface area contributed by atoms with Crippen LogP contribution in [0.5, 0.6) is 17.2 Å². The third kappa shape index (κ3) is 1.31. The first kappa shape index (κ1) is 8.94. The monoisotopic (exact) mass is 192 g/mol. The summed E-state index contributed by atoms with van der Waals surface area (Å²) in [6.45, 7) is 0. The van der Waals surface area contributed by atoms with Crippen molar-refractivity contribution in [3.05, 3.63) is 30.0 Å². The molecule has 0 bridgehead atoms. The lowest BCUT2D eigenvalue weighted by molar-refractivity contribution is 0.361. The number of methoxy groups -OCH3 is 2. The van der Waals surface area contributed by atoms with Gasteiger partial charge in [-0.2, -0.15) is 0 Å². The molecule has 1 heterocycles. The van der Waals surface area contributed by atoms with E-state index in [1.54, 1.807) is 20.5 Å². The SMILES string of the molecule is COc1ccc(OC)c2c1CC=CO2. The molecule has 1 aromatic rings. The lowest BCUT2D eigenvalue weighted by Crippen LogP contribution is -2.01. The predicted molar refractivity (Wildman–Crippen MR) is 53.0 cm³/mol. The van der Waals surface area contributed by atoms with Gasteiger partial charge in [-0.3, -0.25) is 0 Å². The van der Waals surface area contributed by atoms with Crippen LogP contribution in [-0.4, -0.2) is 14.2 Å². The fourth-order valence-corrected chi connectivity index (χ4v) is 1.54. The number of hydrogen-bond donors (Lipinski definition) is 0. The van der Waals surface area contributed by atoms with E-state index in [2.05, 4.69) is 0 Å². The zero-order valence-corrected chi connectivity index (χ0v) is 8.24. The Kier molecular flexibility index (Phi) is 2.31. The summed E-state index contributed by atoms with van der Waals surface area (Å²) >= 11 is 0. The van der Waals surface area contributed by atoms with Gasteiger partial charge in [0.25, 0.3) is 0 Å². The zero-order chi connectivity index (χ0) is 9.97. The van der Waals surface area contributed by atoms with Crippen LogP contribution < -0.4 is 14.2 Å². The summed E-state index contributed by atoms with van der Waals surface area (Å²) in [7, 11) is 3.28. The van der Waals surface area contributed by atoms with Gasteiger partial charge in [0.2, 0.25) is 0 Å². The van der Waals surface area contributed by atoms with Gasteiger partial charge in [0.1, 0.15) is 5.75 Å². The van der Waals surface area contributed by atoms with E-state index in [-0.39, 0.29) is 0 Å². The standard InChI is InChI=1S/C11H12O3/c1-12-9-5-6-10(13-2)11-8(9)4-3-7-14-11/h3,5-7H,4H2,1-2H3. The van der Waals surface area contributed by atoms with Gasteiger partial charge in [0.15, 0.2) is 11.5 Å². The molecule has 0 spiro atoms. The molecule has 1 aliphatic heterocycles. The van der Waals surface area contributed by atoms with Crippen LogP contribution in [0.2, 0.25) is 0 Å². The molecule has 0 aliphatic carbocycles. The fraction of sp³-hybridized carbons (Fsp3) is 0.273. The lowest BCUT2D eigenvalue weighted by atomic mass is 10.1. The van der Waals surface area contributed by atoms with Crippen molar-refractivity contribution >= 4 is 0 Å². The number of allylic oxidation sites excluding steroid dienone is 1. The van der Waals surface area contributed by atoms with Crippen LogP contribution in [0.15, 0.2) is 24.5 Å². The molecule has 3 nitrogen and oxygen atoms in total. The van der Waals surface area contributed by atoms with E-state index in [1.807, 2.05) is 18.2 Å². The van der Waals surface area contributed by atoms with Gasteiger partial charge in [-0.25, -0.2) is 0 Å². The van der Waals surface area contributed by atoms with Crippen molar-refractivity contribution in [3.8, 4) is 17.2 Å². The smallest absolute Gasteiger partial charge is 0.175 e. The average Bonchev–Trinajstić information content (AvgIpc) is 2.27. The maximum atomic E-state index is 5.40. The van der Waals surface area contributed by atoms with Crippen molar-refractivity contribution in [2.75, 3.05) is 14.2 Å². The lowest BCUT2D eigenvalue weighted by Gasteiger charge is -2.17. The average molecular weight is 192 g/mol. The molecule has 0 amide bonds. The highest BCUT2D eigenvalue weighted by atomic mass is 16.5. The minimum atomic E-state index is 0.741. The third-order valence-electron chi connectivity index (χ3n) is 2.23. The number of hydrogen-bond acceptors (Lipinski definition) is 3. The number of fused-ring (bicyclic) bond motifs is 1. The minimum Gasteiger partial charge on any atom is -0.496 e. The Hall–Kier alpha value is -1.64. The first-order valence-corrected chi connectivity index (χ1v) is 4.42. The largest absolute Gasteiger partial charge is 0.496 e. The fourth-order valence-electron chi connectivity index (χ4n) is 1.54. The second-order valence-electron chi connectivity index (χ2n) is 2.97. The van der Waals surface area contributed by atoms with Crippen LogP contribution in [0.1, 0.15) is 5.56 Å². The van der Waals surface area contributed by atoms with Gasteiger partial charge < -0.3 is 14.2 Å². The van der Waals surface area contributed by atoms with Gasteiger partial charge in [-0.15, -0.1) is 0 Å². The second-order valence-corrected chi connectivity index (χ2v) is 2.97. The summed E-state index contributed by atoms with van der Waals surface area (Å²) in [5.41, 5.74) is 1.04. The maximum absolute atomic E-state index is 5.40. The van der Waals surface area contributed by atoms with Crippen LogP contribution in [0.4, 0.5) is 0 Å². The van der Waals surface area contributed by atoms with Gasteiger partial charge in [0.05, 0.1) is 20.5 Å². The number of rotatable bonds is 2. The zero-order valence-electron chi connectivity index (χ0n) is 8.24. The van der Waals surface area contributed by atoms with Crippen LogP contribution in [0, 0.1) is 0 Å². The maximum Gasteiger partial charge on any atom is 0.175 e. The Bertz CT molecular complexity index is 334. The highest BCUT2D eigenvalue weighted by Crippen LogP contribution is 2.39. The third-order valence-corrected chi connectivity index (χ3v) is 2.23. The van der Waals surface area contributed by atoms with Crippen molar-refractivity contribution in [2.45, 2.75) is 6.42 Å². The Balaban J connectivity index is 2.53. The molecule has 0 radical (unpaired) electrons. The second kappa shape index (κ2) is 3.62. The normalized spacial score (nSPS) is 13.0. The number of benzene rings is 1. The highest BCUT2D eigenvalue weighted by Gasteiger charge is 2.16. The minimum absolute atomic E-state index is 0.741. The van der Waals surface area contributed by atoms with Crippen LogP contribution in [0.25, 0.3) is 0 Å². The molecular formula is C11H12O3. The molecule has 14 heavy (non-hydrogen) atoms. The molecule has 2 rings (SSSR count). The van der Waals surface area contributed by atoms with E-state index in [0.29, 0.717) is 0 Å². The molecule has 0 unspecified atom stereocenters. The van der Waals surface area contributed by atoms with Crippen LogP contribution in [-0.2, 0) is 6.42 Å². The summed E-state index contributed by atoms with van der Waals surface area (Å²) < 4.78 is 15.8. The van der Waals surface area contributed by atoms with Crippen LogP contribution >= 0.6 is 0 Å². The first-order chi connectivity index (χ1) is 6.86. The molecule has 0 atom stereocenters. The molecule has 74 valence electrons. The van der Waals surface area contributed by atoms with E-state index < -0.39 is 0 Å². The molecule has 0 fully saturated rings. The van der Waals surface area contributed by atoms with E-state index in [9.17, 15) is 0 Å². The molecule has 0 saturated carbocycles. The quantitative estimate of drug-likeness (QED) is 0.718. The van der Waals surface area contributed by atoms with Crippen molar-refractivity contribution < 1.29 is 14.2 Å². The topological polar surface area (TPSA) is 27.7 Å². The summed E-state index contributed by atoms with van der Waals surface area (Å²) in [5.74, 6) is 2.34.